The molecule has 3 aromatic carbocycles. The van der Waals surface area contributed by atoms with Crippen molar-refractivity contribution in [2.75, 3.05) is 19.1 Å². The van der Waals surface area contributed by atoms with Gasteiger partial charge in [0.05, 0.1) is 14.2 Å². The lowest BCUT2D eigenvalue weighted by molar-refractivity contribution is -0.120. The summed E-state index contributed by atoms with van der Waals surface area (Å²) in [6, 6.07) is 23.6. The molecule has 2 unspecified atom stereocenters. The number of ether oxygens (including phenoxy) is 2. The Kier molecular flexibility index (Phi) is 6.16. The van der Waals surface area contributed by atoms with E-state index in [4.69, 9.17) is 9.47 Å². The van der Waals surface area contributed by atoms with Gasteiger partial charge >= 0.3 is 0 Å². The van der Waals surface area contributed by atoms with E-state index in [1.54, 1.807) is 19.1 Å². The van der Waals surface area contributed by atoms with Crippen LogP contribution in [0.15, 0.2) is 84.1 Å². The summed E-state index contributed by atoms with van der Waals surface area (Å²) in [5.41, 5.74) is 5.31. The van der Waals surface area contributed by atoms with E-state index in [1.807, 2.05) is 67.6 Å². The average Bonchev–Trinajstić information content (AvgIpc) is 2.88. The molecule has 2 aliphatic rings. The van der Waals surface area contributed by atoms with Crippen LogP contribution in [0.1, 0.15) is 47.8 Å². The van der Waals surface area contributed by atoms with E-state index in [2.05, 4.69) is 12.1 Å². The third-order valence-electron chi connectivity index (χ3n) is 7.07. The first-order valence-electron chi connectivity index (χ1n) is 11.9. The highest BCUT2D eigenvalue weighted by Crippen LogP contribution is 2.49. The first kappa shape index (κ1) is 22.9. The molecule has 0 aromatic heterocycles. The predicted octanol–water partition coefficient (Wildman–Crippen LogP) is 5.93. The minimum absolute atomic E-state index is 0.0218. The molecular weight excluding hydrogens is 438 g/mol. The fourth-order valence-electron chi connectivity index (χ4n) is 5.44. The molecule has 0 bridgehead atoms. The number of nitrogens with zero attached hydrogens (tertiary/aromatic N) is 1. The Labute approximate surface area is 206 Å². The molecule has 1 heterocycles. The van der Waals surface area contributed by atoms with E-state index in [-0.39, 0.29) is 29.9 Å². The van der Waals surface area contributed by atoms with Gasteiger partial charge < -0.3 is 9.47 Å². The summed E-state index contributed by atoms with van der Waals surface area (Å²) in [5, 5.41) is 0. The van der Waals surface area contributed by atoms with Crippen molar-refractivity contribution in [3.05, 3.63) is 101 Å². The van der Waals surface area contributed by atoms with Gasteiger partial charge in [-0.05, 0) is 60.7 Å². The lowest BCUT2D eigenvalue weighted by Gasteiger charge is -2.41. The molecule has 0 radical (unpaired) electrons. The van der Waals surface area contributed by atoms with Gasteiger partial charge in [-0.3, -0.25) is 14.5 Å². The smallest absolute Gasteiger partial charge is 0.232 e. The molecule has 1 amide bonds. The maximum atomic E-state index is 13.8. The summed E-state index contributed by atoms with van der Waals surface area (Å²) in [6.07, 6.45) is 1.23. The molecule has 0 saturated heterocycles. The number of amides is 1. The van der Waals surface area contributed by atoms with E-state index in [0.717, 1.165) is 28.1 Å². The maximum absolute atomic E-state index is 13.8. The van der Waals surface area contributed by atoms with E-state index in [1.165, 1.54) is 0 Å². The number of allylic oxidation sites excluding steroid dienone is 2. The second-order valence-electron chi connectivity index (χ2n) is 9.23. The van der Waals surface area contributed by atoms with E-state index in [9.17, 15) is 9.59 Å². The zero-order valence-electron chi connectivity index (χ0n) is 20.3. The van der Waals surface area contributed by atoms with Crippen molar-refractivity contribution in [1.82, 2.24) is 0 Å². The molecule has 1 aliphatic heterocycles. The molecule has 0 N–H and O–H groups in total. The van der Waals surface area contributed by atoms with Crippen LogP contribution in [-0.2, 0) is 9.59 Å². The summed E-state index contributed by atoms with van der Waals surface area (Å²) in [4.78, 5) is 29.4. The van der Waals surface area contributed by atoms with E-state index >= 15 is 0 Å². The monoisotopic (exact) mass is 467 g/mol. The van der Waals surface area contributed by atoms with Crippen LogP contribution in [0.4, 0.5) is 5.69 Å². The van der Waals surface area contributed by atoms with Crippen LogP contribution < -0.4 is 14.4 Å². The minimum Gasteiger partial charge on any atom is -0.497 e. The number of anilines is 1. The number of ketones is 1. The van der Waals surface area contributed by atoms with Crippen molar-refractivity contribution in [1.29, 1.82) is 0 Å². The van der Waals surface area contributed by atoms with Gasteiger partial charge in [0.15, 0.2) is 5.78 Å². The molecule has 2 atom stereocenters. The van der Waals surface area contributed by atoms with Gasteiger partial charge in [-0.25, -0.2) is 0 Å². The summed E-state index contributed by atoms with van der Waals surface area (Å²) in [5.74, 6) is 1.02. The van der Waals surface area contributed by atoms with Gasteiger partial charge in [-0.2, -0.15) is 0 Å². The van der Waals surface area contributed by atoms with Crippen LogP contribution in [0.5, 0.6) is 11.5 Å². The third-order valence-corrected chi connectivity index (χ3v) is 7.07. The van der Waals surface area contributed by atoms with Gasteiger partial charge in [0.25, 0.3) is 0 Å². The minimum atomic E-state index is -0.382. The van der Waals surface area contributed by atoms with Crippen molar-refractivity contribution in [2.24, 2.45) is 0 Å². The van der Waals surface area contributed by atoms with E-state index in [0.29, 0.717) is 29.9 Å². The number of methoxy groups -OCH3 is 2. The molecular formula is C30H29NO4. The van der Waals surface area contributed by atoms with Crippen LogP contribution in [0.25, 0.3) is 0 Å². The molecule has 5 nitrogen and oxygen atoms in total. The molecule has 0 spiro atoms. The van der Waals surface area contributed by atoms with Crippen molar-refractivity contribution in [3.8, 4) is 11.5 Å². The lowest BCUT2D eigenvalue weighted by atomic mass is 9.72. The van der Waals surface area contributed by atoms with Crippen molar-refractivity contribution in [2.45, 2.75) is 38.0 Å². The van der Waals surface area contributed by atoms with E-state index < -0.39 is 0 Å². The fraction of sp³-hybridized carbons (Fsp3) is 0.267. The average molecular weight is 468 g/mol. The van der Waals surface area contributed by atoms with Crippen molar-refractivity contribution < 1.29 is 19.1 Å². The number of aryl methyl sites for hydroxylation is 1. The zero-order chi connectivity index (χ0) is 24.5. The quantitative estimate of drug-likeness (QED) is 0.466. The predicted molar refractivity (Wildman–Crippen MR) is 136 cm³/mol. The Bertz CT molecular complexity index is 1310. The molecule has 1 aliphatic carbocycles. The molecule has 178 valence electrons. The number of hydrogen-bond donors (Lipinski definition) is 0. The molecule has 5 heteroatoms. The summed E-state index contributed by atoms with van der Waals surface area (Å²) < 4.78 is 11.1. The van der Waals surface area contributed by atoms with Gasteiger partial charge in [0.1, 0.15) is 11.5 Å². The zero-order valence-corrected chi connectivity index (χ0v) is 20.3. The van der Waals surface area contributed by atoms with Gasteiger partial charge in [-0.1, -0.05) is 42.5 Å². The number of Topliss-reactive ketones (excluding diaryl/α,β-unsaturated/α-hetero) is 1. The number of benzene rings is 3. The fourth-order valence-corrected chi connectivity index (χ4v) is 5.44. The van der Waals surface area contributed by atoms with Gasteiger partial charge in [0, 0.05) is 41.3 Å². The summed E-state index contributed by atoms with van der Waals surface area (Å²) >= 11 is 0. The lowest BCUT2D eigenvalue weighted by Crippen LogP contribution is -2.42. The van der Waals surface area contributed by atoms with Crippen LogP contribution >= 0.6 is 0 Å². The third kappa shape index (κ3) is 4.23. The van der Waals surface area contributed by atoms with Crippen LogP contribution in [0.2, 0.25) is 0 Å². The van der Waals surface area contributed by atoms with Crippen LogP contribution in [0.3, 0.4) is 0 Å². The number of carbonyl (C=O) groups is 2. The Balaban J connectivity index is 1.69. The molecule has 0 saturated carbocycles. The largest absolute Gasteiger partial charge is 0.497 e. The molecule has 5 rings (SSSR count). The Hall–Kier alpha value is -3.86. The Morgan fingerprint density at radius 3 is 2.34 bits per heavy atom. The second-order valence-corrected chi connectivity index (χ2v) is 9.23. The number of hydrogen-bond acceptors (Lipinski definition) is 4. The molecule has 0 fully saturated rings. The highest BCUT2D eigenvalue weighted by molar-refractivity contribution is 6.08. The van der Waals surface area contributed by atoms with Crippen molar-refractivity contribution >= 4 is 17.4 Å². The molecule has 3 aromatic rings. The topological polar surface area (TPSA) is 55.8 Å². The van der Waals surface area contributed by atoms with Crippen LogP contribution in [-0.4, -0.2) is 25.9 Å². The normalized spacial score (nSPS) is 20.0. The first-order valence-corrected chi connectivity index (χ1v) is 11.9. The molecule has 35 heavy (non-hydrogen) atoms. The summed E-state index contributed by atoms with van der Waals surface area (Å²) in [6.45, 7) is 2.01. The highest BCUT2D eigenvalue weighted by Gasteiger charge is 2.43. The summed E-state index contributed by atoms with van der Waals surface area (Å²) in [7, 11) is 3.22. The SMILES string of the molecule is COc1ccc(OC)c(C2CC(=O)N(c3cccc(C)c3)C3=C2C(=O)CC(c2ccccc2)C3)c1. The van der Waals surface area contributed by atoms with Gasteiger partial charge in [0.2, 0.25) is 5.91 Å². The van der Waals surface area contributed by atoms with Crippen LogP contribution in [0, 0.1) is 6.92 Å². The maximum Gasteiger partial charge on any atom is 0.232 e. The first-order chi connectivity index (χ1) is 17.0. The number of carbonyl (C=O) groups excluding carboxylic acids is 2. The number of rotatable bonds is 5. The van der Waals surface area contributed by atoms with Crippen molar-refractivity contribution in [3.63, 3.8) is 0 Å². The second kappa shape index (κ2) is 9.41. The standard InChI is InChI=1S/C30H29NO4/c1-19-8-7-11-22(14-19)31-26-15-21(20-9-5-4-6-10-20)16-27(32)30(26)25(18-29(31)33)24-17-23(34-2)12-13-28(24)35-3/h4-14,17,21,25H,15-16,18H2,1-3H3. The Morgan fingerprint density at radius 2 is 1.63 bits per heavy atom. The highest BCUT2D eigenvalue weighted by atomic mass is 16.5. The van der Waals surface area contributed by atoms with Gasteiger partial charge in [-0.15, -0.1) is 0 Å². The Morgan fingerprint density at radius 1 is 0.829 bits per heavy atom.